The van der Waals surface area contributed by atoms with Gasteiger partial charge in [-0.25, -0.2) is 0 Å². The van der Waals surface area contributed by atoms with Crippen LogP contribution < -0.4 is 0 Å². The zero-order valence-corrected chi connectivity index (χ0v) is 70.3. The van der Waals surface area contributed by atoms with Gasteiger partial charge in [0.15, 0.2) is 5.58 Å². The summed E-state index contributed by atoms with van der Waals surface area (Å²) in [5.74, 6) is 3.07. The van der Waals surface area contributed by atoms with Gasteiger partial charge < -0.3 is 18.0 Å². The predicted octanol–water partition coefficient (Wildman–Crippen LogP) is 32.8. The third-order valence-electron chi connectivity index (χ3n) is 28.5. The lowest BCUT2D eigenvalue weighted by Gasteiger charge is -2.38. The van der Waals surface area contributed by atoms with Crippen LogP contribution in [0.1, 0.15) is 213 Å². The third-order valence-corrected chi connectivity index (χ3v) is 28.5. The fourth-order valence-electron chi connectivity index (χ4n) is 23.0. The van der Waals surface area contributed by atoms with Crippen LogP contribution in [-0.4, -0.2) is 9.13 Å². The van der Waals surface area contributed by atoms with Crippen LogP contribution in [0.15, 0.2) is 287 Å². The van der Waals surface area contributed by atoms with Gasteiger partial charge in [-0.05, 0) is 248 Å². The molecular formula is C115H108N2O2. The second-order valence-corrected chi connectivity index (χ2v) is 38.9. The van der Waals surface area contributed by atoms with Crippen LogP contribution in [0.4, 0.5) is 0 Å². The molecule has 4 heterocycles. The Balaban J connectivity index is 0.700. The normalized spacial score (nSPS) is 19.0. The topological polar surface area (TPSA) is 36.1 Å². The number of allylic oxidation sites excluding steroid dienone is 9. The molecule has 4 aromatic heterocycles. The van der Waals surface area contributed by atoms with E-state index in [1.54, 1.807) is 0 Å². The van der Waals surface area contributed by atoms with E-state index >= 15 is 0 Å². The van der Waals surface area contributed by atoms with Crippen LogP contribution in [0.2, 0.25) is 0 Å². The highest BCUT2D eigenvalue weighted by atomic mass is 16.3. The molecule has 3 fully saturated rings. The molecule has 6 aliphatic rings. The maximum atomic E-state index is 7.75. The minimum atomic E-state index is 0.0878. The largest absolute Gasteiger partial charge is 0.455 e. The lowest BCUT2D eigenvalue weighted by atomic mass is 9.66. The highest BCUT2D eigenvalue weighted by Gasteiger charge is 2.39. The summed E-state index contributed by atoms with van der Waals surface area (Å²) in [6, 6.07) is 90.3. The van der Waals surface area contributed by atoms with E-state index < -0.39 is 0 Å². The molecule has 0 radical (unpaired) electrons. The van der Waals surface area contributed by atoms with Gasteiger partial charge in [-0.1, -0.05) is 312 Å². The van der Waals surface area contributed by atoms with Crippen LogP contribution in [0.25, 0.3) is 155 Å². The van der Waals surface area contributed by atoms with Crippen molar-refractivity contribution in [2.75, 3.05) is 0 Å². The van der Waals surface area contributed by atoms with Crippen molar-refractivity contribution in [1.29, 1.82) is 0 Å². The number of rotatable bonds is 13. The number of nitrogens with zero attached hydrogens (tertiary/aromatic N) is 2. The van der Waals surface area contributed by atoms with E-state index in [0.29, 0.717) is 17.8 Å². The van der Waals surface area contributed by atoms with Crippen LogP contribution >= 0.6 is 0 Å². The molecule has 22 rings (SSSR count). The molecule has 0 N–H and O–H groups in total. The first kappa shape index (κ1) is 73.9. The summed E-state index contributed by atoms with van der Waals surface area (Å²) >= 11 is 0. The lowest BCUT2D eigenvalue weighted by Crippen LogP contribution is -2.26. The average Bonchev–Trinajstić information content (AvgIpc) is 1.57. The molecule has 4 nitrogen and oxygen atoms in total. The Morgan fingerprint density at radius 1 is 0.353 bits per heavy atom. The van der Waals surface area contributed by atoms with Gasteiger partial charge in [0.05, 0.1) is 27.8 Å². The SMILES string of the molecule is CC1c2c(oc3c(-n4c5ccc(CC(C)(C)C)cc5c5cc(CC(C)(C)C)ccc54)cc(-c4cccc5ccccc45)cc23)C=CC1C1=CC=C(c2cccc3c2c2ccccc2n3-c2cc(-c3cccc(C4CCCCC4)c3)c3oc4c(-c5cccc(C6CCCCC6)c5)cc(-c5cccc(C6CCCCC6)c5)cc4c3c2)C2C=CC=CC12. The molecule has 0 spiro atoms. The van der Waals surface area contributed by atoms with Crippen LogP contribution in [0.5, 0.6) is 0 Å². The number of hydrogen-bond acceptors (Lipinski definition) is 2. The zero-order chi connectivity index (χ0) is 79.9. The van der Waals surface area contributed by atoms with Crippen molar-refractivity contribution in [2.45, 2.75) is 181 Å². The van der Waals surface area contributed by atoms with Crippen LogP contribution in [-0.2, 0) is 12.8 Å². The van der Waals surface area contributed by atoms with Gasteiger partial charge in [0, 0.05) is 77.8 Å². The number of hydrogen-bond donors (Lipinski definition) is 0. The molecule has 0 aliphatic heterocycles. The molecule has 0 amide bonds. The van der Waals surface area contributed by atoms with Gasteiger partial charge in [-0.15, -0.1) is 0 Å². The van der Waals surface area contributed by atoms with E-state index in [4.69, 9.17) is 8.83 Å². The Morgan fingerprint density at radius 2 is 0.882 bits per heavy atom. The first-order valence-corrected chi connectivity index (χ1v) is 45.1. The smallest absolute Gasteiger partial charge is 0.159 e. The highest BCUT2D eigenvalue weighted by Crippen LogP contribution is 2.55. The Kier molecular flexibility index (Phi) is 18.3. The van der Waals surface area contributed by atoms with E-state index in [1.807, 2.05) is 0 Å². The molecule has 590 valence electrons. The third kappa shape index (κ3) is 13.2. The predicted molar refractivity (Wildman–Crippen MR) is 504 cm³/mol. The molecular weight excluding hydrogens is 1440 g/mol. The zero-order valence-electron chi connectivity index (χ0n) is 70.3. The molecule has 4 unspecified atom stereocenters. The highest BCUT2D eigenvalue weighted by molar-refractivity contribution is 6.18. The van der Waals surface area contributed by atoms with E-state index in [2.05, 4.69) is 337 Å². The van der Waals surface area contributed by atoms with Crippen molar-refractivity contribution in [3.8, 4) is 55.9 Å². The fourth-order valence-corrected chi connectivity index (χ4v) is 23.0. The van der Waals surface area contributed by atoms with Gasteiger partial charge in [-0.2, -0.15) is 0 Å². The fraction of sp³-hybridized carbons (Fsp3) is 0.287. The molecule has 6 aliphatic carbocycles. The van der Waals surface area contributed by atoms with Crippen molar-refractivity contribution in [2.24, 2.45) is 28.6 Å². The second-order valence-electron chi connectivity index (χ2n) is 38.9. The minimum Gasteiger partial charge on any atom is -0.455 e. The maximum absolute atomic E-state index is 7.75. The van der Waals surface area contributed by atoms with Gasteiger partial charge in [0.25, 0.3) is 0 Å². The lowest BCUT2D eigenvalue weighted by molar-refractivity contribution is 0.411. The Morgan fingerprint density at radius 3 is 1.53 bits per heavy atom. The van der Waals surface area contributed by atoms with Crippen LogP contribution in [0, 0.1) is 28.6 Å². The van der Waals surface area contributed by atoms with E-state index in [9.17, 15) is 0 Å². The molecule has 12 aromatic carbocycles. The number of furan rings is 2. The number of fused-ring (bicyclic) bond motifs is 14. The maximum Gasteiger partial charge on any atom is 0.159 e. The summed E-state index contributed by atoms with van der Waals surface area (Å²) in [6.45, 7) is 16.6. The van der Waals surface area contributed by atoms with E-state index in [-0.39, 0.29) is 34.5 Å². The molecule has 16 aromatic rings. The number of benzene rings is 12. The van der Waals surface area contributed by atoms with Crippen LogP contribution in [0.3, 0.4) is 0 Å². The van der Waals surface area contributed by atoms with Crippen molar-refractivity contribution < 1.29 is 8.83 Å². The molecule has 119 heavy (non-hydrogen) atoms. The molecule has 3 saturated carbocycles. The standard InChI is InChI=1S/C115H108N2O2/c1-71-87(54-57-108-109(71)102-65-85(89-46-26-35-77-34-17-18-42-88(77)89)66-107(113(102)118-108)117-104-55-50-72(69-114(2,3)4)58-98(104)99-59-73(51-56-105(99)117)70-115(5,6)7)92-52-53-93(91-44-20-19-43-90(91)92)94-47-27-49-106-110(94)95-45-21-22-48-103(95)116(106)86-67-97(83-41-25-38-80(62-83)76-32-15-10-16-33-76)112-101(68-86)100-64-84(81-39-23-36-78(60-81)74-28-11-8-12-29-74)63-96(111(100)119-112)82-40-24-37-79(61-82)75-30-13-9-14-31-75/h17-27,34-68,71,74-76,87,90-91H,8-16,28-33,69-70H2,1-7H3. The summed E-state index contributed by atoms with van der Waals surface area (Å²) in [6.07, 6.45) is 40.7. The number of aromatic nitrogens is 2. The quantitative estimate of drug-likeness (QED) is 0.115. The first-order valence-electron chi connectivity index (χ1n) is 45.1. The molecule has 0 saturated heterocycles. The Bertz CT molecular complexity index is 6840. The molecule has 4 heteroatoms. The minimum absolute atomic E-state index is 0.0878. The van der Waals surface area contributed by atoms with Gasteiger partial charge >= 0.3 is 0 Å². The van der Waals surface area contributed by atoms with E-state index in [1.165, 1.54) is 245 Å². The Hall–Kier alpha value is -11.5. The van der Waals surface area contributed by atoms with Gasteiger partial charge in [0.1, 0.15) is 16.9 Å². The second kappa shape index (κ2) is 29.5. The first-order chi connectivity index (χ1) is 58.1. The summed E-state index contributed by atoms with van der Waals surface area (Å²) in [7, 11) is 0. The Labute approximate surface area is 701 Å². The summed E-state index contributed by atoms with van der Waals surface area (Å²) in [5.41, 5.74) is 32.2. The van der Waals surface area contributed by atoms with E-state index in [0.717, 1.165) is 63.1 Å². The van der Waals surface area contributed by atoms with Gasteiger partial charge in [-0.3, -0.25) is 0 Å². The summed E-state index contributed by atoms with van der Waals surface area (Å²) in [5, 5.41) is 11.1. The summed E-state index contributed by atoms with van der Waals surface area (Å²) in [4.78, 5) is 0. The van der Waals surface area contributed by atoms with Crippen molar-refractivity contribution >= 4 is 98.9 Å². The summed E-state index contributed by atoms with van der Waals surface area (Å²) < 4.78 is 20.4. The van der Waals surface area contributed by atoms with Crippen molar-refractivity contribution in [3.05, 3.63) is 323 Å². The van der Waals surface area contributed by atoms with Gasteiger partial charge in [0.2, 0.25) is 0 Å². The van der Waals surface area contributed by atoms with Crippen molar-refractivity contribution in [1.82, 2.24) is 9.13 Å². The molecule has 0 bridgehead atoms. The molecule has 4 atom stereocenters. The monoisotopic (exact) mass is 1550 g/mol. The van der Waals surface area contributed by atoms with Crippen molar-refractivity contribution in [3.63, 3.8) is 0 Å². The number of para-hydroxylation sites is 1. The average molecular weight is 1550 g/mol.